The number of hydrogen-bond donors (Lipinski definition) is 1. The Balaban J connectivity index is 0.00000147. The van der Waals surface area contributed by atoms with E-state index >= 15 is 0 Å². The highest BCUT2D eigenvalue weighted by Crippen LogP contribution is 2.33. The minimum atomic E-state index is 0. The van der Waals surface area contributed by atoms with Crippen molar-refractivity contribution in [1.82, 2.24) is 15.1 Å². The summed E-state index contributed by atoms with van der Waals surface area (Å²) in [6.07, 6.45) is 1.27. The standard InChI is InChI=1S/C13H19Cl2N3S.ClH/c14-12-10(9-19-13(12)15)7-17-4-1-11(8-17)18-5-2-16-3-6-18;/h9,11,16H,1-8H2;1H. The van der Waals surface area contributed by atoms with Crippen LogP contribution in [0.4, 0.5) is 0 Å². The van der Waals surface area contributed by atoms with Crippen molar-refractivity contribution in [2.24, 2.45) is 0 Å². The van der Waals surface area contributed by atoms with E-state index in [1.165, 1.54) is 43.0 Å². The van der Waals surface area contributed by atoms with Crippen LogP contribution in [0.3, 0.4) is 0 Å². The Morgan fingerprint density at radius 3 is 2.65 bits per heavy atom. The van der Waals surface area contributed by atoms with E-state index in [0.29, 0.717) is 0 Å². The van der Waals surface area contributed by atoms with Gasteiger partial charge in [0.05, 0.1) is 5.02 Å². The number of nitrogens with one attached hydrogen (secondary N) is 1. The first kappa shape index (κ1) is 16.8. The number of likely N-dealkylation sites (tertiary alicyclic amines) is 1. The van der Waals surface area contributed by atoms with Crippen molar-refractivity contribution in [1.29, 1.82) is 0 Å². The second-order valence-corrected chi connectivity index (χ2v) is 7.17. The molecule has 1 atom stereocenters. The van der Waals surface area contributed by atoms with E-state index in [1.807, 2.05) is 0 Å². The number of nitrogens with zero attached hydrogens (tertiary/aromatic N) is 2. The molecule has 3 rings (SSSR count). The van der Waals surface area contributed by atoms with Gasteiger partial charge in [-0.05, 0) is 17.4 Å². The number of hydrogen-bond acceptors (Lipinski definition) is 4. The van der Waals surface area contributed by atoms with Crippen LogP contribution in [-0.2, 0) is 6.54 Å². The van der Waals surface area contributed by atoms with Gasteiger partial charge in [-0.25, -0.2) is 0 Å². The van der Waals surface area contributed by atoms with Crippen molar-refractivity contribution < 1.29 is 0 Å². The number of thiophene rings is 1. The Morgan fingerprint density at radius 2 is 2.00 bits per heavy atom. The van der Waals surface area contributed by atoms with Gasteiger partial charge in [0.2, 0.25) is 0 Å². The Labute approximate surface area is 140 Å². The van der Waals surface area contributed by atoms with Crippen LogP contribution in [0.25, 0.3) is 0 Å². The van der Waals surface area contributed by atoms with Gasteiger partial charge in [-0.15, -0.1) is 23.7 Å². The van der Waals surface area contributed by atoms with E-state index in [1.54, 1.807) is 0 Å². The van der Waals surface area contributed by atoms with E-state index in [2.05, 4.69) is 20.5 Å². The van der Waals surface area contributed by atoms with Crippen molar-refractivity contribution in [2.45, 2.75) is 19.0 Å². The predicted molar refractivity (Wildman–Crippen MR) is 89.7 cm³/mol. The number of rotatable bonds is 3. The lowest BCUT2D eigenvalue weighted by molar-refractivity contribution is 0.170. The van der Waals surface area contributed by atoms with Gasteiger partial charge in [-0.2, -0.15) is 0 Å². The van der Waals surface area contributed by atoms with Gasteiger partial charge in [0.25, 0.3) is 0 Å². The Morgan fingerprint density at radius 1 is 1.25 bits per heavy atom. The van der Waals surface area contributed by atoms with Gasteiger partial charge in [0.15, 0.2) is 0 Å². The smallest absolute Gasteiger partial charge is 0.112 e. The molecule has 2 fully saturated rings. The van der Waals surface area contributed by atoms with Crippen LogP contribution in [-0.4, -0.2) is 55.1 Å². The molecule has 1 aromatic heterocycles. The number of halogens is 3. The van der Waals surface area contributed by atoms with Crippen molar-refractivity contribution in [3.05, 3.63) is 20.3 Å². The van der Waals surface area contributed by atoms with E-state index < -0.39 is 0 Å². The Hall–Kier alpha value is 0.450. The zero-order chi connectivity index (χ0) is 13.2. The first-order valence-electron chi connectivity index (χ1n) is 6.82. The average Bonchev–Trinajstić information content (AvgIpc) is 3.02. The summed E-state index contributed by atoms with van der Waals surface area (Å²) in [6, 6.07) is 0.718. The highest BCUT2D eigenvalue weighted by molar-refractivity contribution is 7.15. The summed E-state index contributed by atoms with van der Waals surface area (Å²) in [7, 11) is 0. The van der Waals surface area contributed by atoms with E-state index in [0.717, 1.165) is 41.6 Å². The summed E-state index contributed by atoms with van der Waals surface area (Å²) in [5.74, 6) is 0. The summed E-state index contributed by atoms with van der Waals surface area (Å²) in [4.78, 5) is 5.12. The molecule has 0 saturated carbocycles. The van der Waals surface area contributed by atoms with Crippen molar-refractivity contribution in [3.63, 3.8) is 0 Å². The molecule has 0 aliphatic carbocycles. The molecule has 3 heterocycles. The average molecular weight is 357 g/mol. The maximum Gasteiger partial charge on any atom is 0.112 e. The van der Waals surface area contributed by atoms with Crippen LogP contribution < -0.4 is 5.32 Å². The molecule has 114 valence electrons. The third kappa shape index (κ3) is 3.80. The largest absolute Gasteiger partial charge is 0.314 e. The fourth-order valence-corrected chi connectivity index (χ4v) is 4.24. The first-order chi connectivity index (χ1) is 9.24. The van der Waals surface area contributed by atoms with Crippen LogP contribution in [0.5, 0.6) is 0 Å². The lowest BCUT2D eigenvalue weighted by atomic mass is 10.2. The van der Waals surface area contributed by atoms with Crippen LogP contribution >= 0.6 is 46.9 Å². The molecule has 2 aliphatic heterocycles. The van der Waals surface area contributed by atoms with Crippen LogP contribution in [0, 0.1) is 0 Å². The summed E-state index contributed by atoms with van der Waals surface area (Å²) >= 11 is 13.8. The first-order valence-corrected chi connectivity index (χ1v) is 8.46. The zero-order valence-electron chi connectivity index (χ0n) is 11.3. The fourth-order valence-electron chi connectivity index (χ4n) is 3.00. The molecule has 20 heavy (non-hydrogen) atoms. The van der Waals surface area contributed by atoms with Gasteiger partial charge < -0.3 is 5.32 Å². The molecule has 2 aliphatic rings. The summed E-state index contributed by atoms with van der Waals surface area (Å²) in [5.41, 5.74) is 1.18. The molecule has 2 saturated heterocycles. The minimum Gasteiger partial charge on any atom is -0.314 e. The van der Waals surface area contributed by atoms with E-state index in [-0.39, 0.29) is 12.4 Å². The molecule has 0 radical (unpaired) electrons. The summed E-state index contributed by atoms with van der Waals surface area (Å²) in [6.45, 7) is 7.88. The van der Waals surface area contributed by atoms with Gasteiger partial charge in [0.1, 0.15) is 4.34 Å². The second kappa shape index (κ2) is 7.63. The van der Waals surface area contributed by atoms with Gasteiger partial charge in [-0.3, -0.25) is 9.80 Å². The molecule has 7 heteroatoms. The molecule has 0 spiro atoms. The molecule has 1 N–H and O–H groups in total. The second-order valence-electron chi connectivity index (χ2n) is 5.31. The molecular weight excluding hydrogens is 337 g/mol. The highest BCUT2D eigenvalue weighted by Gasteiger charge is 2.28. The minimum absolute atomic E-state index is 0. The molecule has 0 amide bonds. The maximum absolute atomic E-state index is 6.21. The normalized spacial score (nSPS) is 24.8. The van der Waals surface area contributed by atoms with Crippen LogP contribution in [0.2, 0.25) is 9.36 Å². The van der Waals surface area contributed by atoms with E-state index in [4.69, 9.17) is 23.2 Å². The van der Waals surface area contributed by atoms with Crippen molar-refractivity contribution in [2.75, 3.05) is 39.3 Å². The van der Waals surface area contributed by atoms with Gasteiger partial charge in [-0.1, -0.05) is 23.2 Å². The number of piperazine rings is 1. The monoisotopic (exact) mass is 355 g/mol. The molecular formula is C13H20Cl3N3S. The fraction of sp³-hybridized carbons (Fsp3) is 0.692. The van der Waals surface area contributed by atoms with Crippen molar-refractivity contribution in [3.8, 4) is 0 Å². The van der Waals surface area contributed by atoms with Gasteiger partial charge in [0, 0.05) is 51.9 Å². The molecule has 3 nitrogen and oxygen atoms in total. The molecule has 1 unspecified atom stereocenters. The summed E-state index contributed by atoms with van der Waals surface area (Å²) in [5, 5.41) is 6.25. The van der Waals surface area contributed by atoms with Gasteiger partial charge >= 0.3 is 0 Å². The molecule has 0 aromatic carbocycles. The Kier molecular flexibility index (Phi) is 6.42. The predicted octanol–water partition coefficient (Wildman–Crippen LogP) is 2.96. The van der Waals surface area contributed by atoms with Crippen molar-refractivity contribution >= 4 is 46.9 Å². The molecule has 0 bridgehead atoms. The lowest BCUT2D eigenvalue weighted by Crippen LogP contribution is -2.49. The van der Waals surface area contributed by atoms with Crippen LogP contribution in [0.15, 0.2) is 5.38 Å². The summed E-state index contributed by atoms with van der Waals surface area (Å²) < 4.78 is 0.717. The topological polar surface area (TPSA) is 18.5 Å². The van der Waals surface area contributed by atoms with Crippen LogP contribution in [0.1, 0.15) is 12.0 Å². The SMILES string of the molecule is Cl.Clc1scc(CN2CCC(N3CCNCC3)C2)c1Cl. The third-order valence-corrected chi connectivity index (χ3v) is 5.98. The maximum atomic E-state index is 6.21. The Bertz CT molecular complexity index is 434. The quantitative estimate of drug-likeness (QED) is 0.898. The zero-order valence-corrected chi connectivity index (χ0v) is 14.4. The molecule has 1 aromatic rings. The highest BCUT2D eigenvalue weighted by atomic mass is 35.5. The lowest BCUT2D eigenvalue weighted by Gasteiger charge is -2.32. The van der Waals surface area contributed by atoms with E-state index in [9.17, 15) is 0 Å². The third-order valence-electron chi connectivity index (χ3n) is 4.07.